The van der Waals surface area contributed by atoms with Crippen molar-refractivity contribution in [2.45, 2.75) is 20.3 Å². The molecule has 22 heavy (non-hydrogen) atoms. The second kappa shape index (κ2) is 6.98. The van der Waals surface area contributed by atoms with Crippen molar-refractivity contribution in [2.24, 2.45) is 0 Å². The van der Waals surface area contributed by atoms with Gasteiger partial charge in [-0.2, -0.15) is 0 Å². The zero-order chi connectivity index (χ0) is 16.1. The van der Waals surface area contributed by atoms with Crippen LogP contribution in [0.4, 0.5) is 5.69 Å². The number of amides is 1. The molecule has 2 aromatic carbocycles. The molecule has 1 N–H and O–H groups in total. The van der Waals surface area contributed by atoms with Crippen LogP contribution in [0.2, 0.25) is 0 Å². The quantitative estimate of drug-likeness (QED) is 0.913. The molecule has 116 valence electrons. The number of aryl methyl sites for hydroxylation is 1. The lowest BCUT2D eigenvalue weighted by atomic mass is 10.1. The van der Waals surface area contributed by atoms with E-state index in [0.717, 1.165) is 17.7 Å². The van der Waals surface area contributed by atoms with E-state index in [2.05, 4.69) is 12.2 Å². The number of ether oxygens (including phenoxy) is 2. The van der Waals surface area contributed by atoms with Crippen LogP contribution in [0.5, 0.6) is 11.5 Å². The predicted octanol–water partition coefficient (Wildman–Crippen LogP) is 3.83. The summed E-state index contributed by atoms with van der Waals surface area (Å²) < 4.78 is 10.6. The fraction of sp³-hybridized carbons (Fsp3) is 0.278. The third kappa shape index (κ3) is 3.39. The first-order valence-corrected chi connectivity index (χ1v) is 7.22. The van der Waals surface area contributed by atoms with Crippen molar-refractivity contribution >= 4 is 11.6 Å². The summed E-state index contributed by atoms with van der Waals surface area (Å²) in [5.74, 6) is 1.07. The van der Waals surface area contributed by atoms with Gasteiger partial charge in [-0.15, -0.1) is 0 Å². The molecule has 0 unspecified atom stereocenters. The second-order valence-corrected chi connectivity index (χ2v) is 5.01. The average Bonchev–Trinajstić information content (AvgIpc) is 2.55. The van der Waals surface area contributed by atoms with E-state index in [1.165, 1.54) is 5.56 Å². The Morgan fingerprint density at radius 3 is 2.05 bits per heavy atom. The largest absolute Gasteiger partial charge is 0.496 e. The smallest absolute Gasteiger partial charge is 0.255 e. The highest BCUT2D eigenvalue weighted by molar-refractivity contribution is 6.05. The predicted molar refractivity (Wildman–Crippen MR) is 88.1 cm³/mol. The van der Waals surface area contributed by atoms with Crippen LogP contribution in [0.1, 0.15) is 28.4 Å². The molecule has 2 rings (SSSR count). The van der Waals surface area contributed by atoms with E-state index < -0.39 is 0 Å². The standard InChI is InChI=1S/C18H21NO3/c1-5-13-6-8-15(9-7-13)19-18(20)14-10-16(21-3)12(2)17(11-14)22-4/h6-11H,5H2,1-4H3,(H,19,20). The van der Waals surface area contributed by atoms with Gasteiger partial charge in [-0.05, 0) is 43.2 Å². The molecular weight excluding hydrogens is 278 g/mol. The summed E-state index contributed by atoms with van der Waals surface area (Å²) in [4.78, 5) is 12.4. The Labute approximate surface area is 131 Å². The Morgan fingerprint density at radius 1 is 1.05 bits per heavy atom. The summed E-state index contributed by atoms with van der Waals surface area (Å²) in [5, 5.41) is 2.88. The van der Waals surface area contributed by atoms with Gasteiger partial charge >= 0.3 is 0 Å². The van der Waals surface area contributed by atoms with Gasteiger partial charge in [-0.1, -0.05) is 19.1 Å². The van der Waals surface area contributed by atoms with E-state index in [1.54, 1.807) is 26.4 Å². The maximum Gasteiger partial charge on any atom is 0.255 e. The van der Waals surface area contributed by atoms with E-state index >= 15 is 0 Å². The average molecular weight is 299 g/mol. The number of carbonyl (C=O) groups is 1. The van der Waals surface area contributed by atoms with Crippen LogP contribution in [0.15, 0.2) is 36.4 Å². The molecule has 0 bridgehead atoms. The summed E-state index contributed by atoms with van der Waals surface area (Å²) >= 11 is 0. The zero-order valence-corrected chi connectivity index (χ0v) is 13.4. The molecule has 0 heterocycles. The maximum atomic E-state index is 12.4. The molecule has 0 atom stereocenters. The van der Waals surface area contributed by atoms with E-state index in [0.29, 0.717) is 17.1 Å². The van der Waals surface area contributed by atoms with Gasteiger partial charge in [0.15, 0.2) is 0 Å². The van der Waals surface area contributed by atoms with Crippen molar-refractivity contribution in [3.63, 3.8) is 0 Å². The molecule has 0 saturated carbocycles. The number of anilines is 1. The van der Waals surface area contributed by atoms with Crippen molar-refractivity contribution in [1.82, 2.24) is 0 Å². The summed E-state index contributed by atoms with van der Waals surface area (Å²) in [6.07, 6.45) is 0.973. The van der Waals surface area contributed by atoms with E-state index in [-0.39, 0.29) is 5.91 Å². The van der Waals surface area contributed by atoms with Crippen LogP contribution in [-0.4, -0.2) is 20.1 Å². The Balaban J connectivity index is 2.24. The molecule has 0 radical (unpaired) electrons. The minimum atomic E-state index is -0.194. The third-order valence-electron chi connectivity index (χ3n) is 3.63. The van der Waals surface area contributed by atoms with Crippen molar-refractivity contribution in [2.75, 3.05) is 19.5 Å². The Hall–Kier alpha value is -2.49. The Morgan fingerprint density at radius 2 is 1.59 bits per heavy atom. The van der Waals surface area contributed by atoms with Gasteiger partial charge in [0, 0.05) is 16.8 Å². The monoisotopic (exact) mass is 299 g/mol. The Kier molecular flexibility index (Phi) is 5.04. The van der Waals surface area contributed by atoms with Gasteiger partial charge in [0.1, 0.15) is 11.5 Å². The molecule has 4 heteroatoms. The molecule has 0 aliphatic carbocycles. The van der Waals surface area contributed by atoms with Crippen LogP contribution in [-0.2, 0) is 6.42 Å². The lowest BCUT2D eigenvalue weighted by Crippen LogP contribution is -2.12. The highest BCUT2D eigenvalue weighted by Crippen LogP contribution is 2.29. The molecule has 0 fully saturated rings. The highest BCUT2D eigenvalue weighted by atomic mass is 16.5. The normalized spacial score (nSPS) is 10.2. The van der Waals surface area contributed by atoms with Crippen molar-refractivity contribution in [1.29, 1.82) is 0 Å². The molecule has 1 amide bonds. The number of hydrogen-bond acceptors (Lipinski definition) is 3. The summed E-state index contributed by atoms with van der Waals surface area (Å²) in [5.41, 5.74) is 3.37. The van der Waals surface area contributed by atoms with Crippen LogP contribution in [0.25, 0.3) is 0 Å². The molecule has 0 aromatic heterocycles. The van der Waals surface area contributed by atoms with Crippen LogP contribution in [0.3, 0.4) is 0 Å². The minimum Gasteiger partial charge on any atom is -0.496 e. The van der Waals surface area contributed by atoms with Gasteiger partial charge in [0.05, 0.1) is 14.2 Å². The number of hydrogen-bond donors (Lipinski definition) is 1. The number of nitrogens with one attached hydrogen (secondary N) is 1. The van der Waals surface area contributed by atoms with Gasteiger partial charge in [0.25, 0.3) is 5.91 Å². The summed E-state index contributed by atoms with van der Waals surface area (Å²) in [6, 6.07) is 11.2. The van der Waals surface area contributed by atoms with Crippen molar-refractivity contribution in [3.05, 3.63) is 53.1 Å². The number of carbonyl (C=O) groups excluding carboxylic acids is 1. The number of benzene rings is 2. The topological polar surface area (TPSA) is 47.6 Å². The van der Waals surface area contributed by atoms with Crippen LogP contribution >= 0.6 is 0 Å². The fourth-order valence-corrected chi connectivity index (χ4v) is 2.24. The van der Waals surface area contributed by atoms with Crippen LogP contribution in [0, 0.1) is 6.92 Å². The maximum absolute atomic E-state index is 12.4. The lowest BCUT2D eigenvalue weighted by molar-refractivity contribution is 0.102. The molecule has 0 saturated heterocycles. The summed E-state index contributed by atoms with van der Waals surface area (Å²) in [7, 11) is 3.15. The van der Waals surface area contributed by atoms with E-state index in [9.17, 15) is 4.79 Å². The number of rotatable bonds is 5. The second-order valence-electron chi connectivity index (χ2n) is 5.01. The SMILES string of the molecule is CCc1ccc(NC(=O)c2cc(OC)c(C)c(OC)c2)cc1. The van der Waals surface area contributed by atoms with E-state index in [1.807, 2.05) is 31.2 Å². The molecule has 0 aliphatic rings. The van der Waals surface area contributed by atoms with Gasteiger partial charge in [-0.25, -0.2) is 0 Å². The first-order valence-electron chi connectivity index (χ1n) is 7.22. The molecular formula is C18H21NO3. The Bertz CT molecular complexity index is 638. The number of methoxy groups -OCH3 is 2. The summed E-state index contributed by atoms with van der Waals surface area (Å²) in [6.45, 7) is 3.99. The van der Waals surface area contributed by atoms with Crippen LogP contribution < -0.4 is 14.8 Å². The lowest BCUT2D eigenvalue weighted by Gasteiger charge is -2.13. The van der Waals surface area contributed by atoms with Gasteiger partial charge < -0.3 is 14.8 Å². The van der Waals surface area contributed by atoms with Gasteiger partial charge in [0.2, 0.25) is 0 Å². The molecule has 4 nitrogen and oxygen atoms in total. The highest BCUT2D eigenvalue weighted by Gasteiger charge is 2.13. The minimum absolute atomic E-state index is 0.194. The first-order chi connectivity index (χ1) is 10.6. The van der Waals surface area contributed by atoms with Crippen molar-refractivity contribution < 1.29 is 14.3 Å². The van der Waals surface area contributed by atoms with Gasteiger partial charge in [-0.3, -0.25) is 4.79 Å². The molecule has 0 spiro atoms. The van der Waals surface area contributed by atoms with E-state index in [4.69, 9.17) is 9.47 Å². The van der Waals surface area contributed by atoms with Crippen molar-refractivity contribution in [3.8, 4) is 11.5 Å². The fourth-order valence-electron chi connectivity index (χ4n) is 2.24. The molecule has 2 aromatic rings. The zero-order valence-electron chi connectivity index (χ0n) is 13.4. The third-order valence-corrected chi connectivity index (χ3v) is 3.63. The molecule has 0 aliphatic heterocycles. The first kappa shape index (κ1) is 15.9.